The lowest BCUT2D eigenvalue weighted by molar-refractivity contribution is -0.0621. The van der Waals surface area contributed by atoms with E-state index < -0.39 is 42.8 Å². The van der Waals surface area contributed by atoms with Gasteiger partial charge in [0.2, 0.25) is 0 Å². The lowest BCUT2D eigenvalue weighted by Crippen LogP contribution is -2.35. The van der Waals surface area contributed by atoms with Crippen molar-refractivity contribution in [3.63, 3.8) is 0 Å². The van der Waals surface area contributed by atoms with Crippen molar-refractivity contribution < 1.29 is 35.5 Å². The van der Waals surface area contributed by atoms with Gasteiger partial charge in [-0.25, -0.2) is 8.77 Å². The molecule has 0 aliphatic carbocycles. The molecule has 2 atom stereocenters. The molecule has 1 aliphatic rings. The highest BCUT2D eigenvalue weighted by Crippen LogP contribution is 2.54. The minimum atomic E-state index is -4.82. The van der Waals surface area contributed by atoms with Gasteiger partial charge in [-0.15, -0.1) is 0 Å². The topological polar surface area (TPSA) is 61.8 Å². The first-order chi connectivity index (χ1) is 6.82. The van der Waals surface area contributed by atoms with Crippen LogP contribution in [0.3, 0.4) is 0 Å². The molecule has 10 heteroatoms. The lowest BCUT2D eigenvalue weighted by Gasteiger charge is -2.12. The zero-order valence-corrected chi connectivity index (χ0v) is 9.03. The van der Waals surface area contributed by atoms with Crippen LogP contribution in [-0.2, 0) is 29.4 Å². The van der Waals surface area contributed by atoms with E-state index in [0.29, 0.717) is 0 Å². The number of hydrogen-bond acceptors (Lipinski definition) is 5. The normalized spacial score (nSPS) is 31.6. The number of rotatable bonds is 2. The molecule has 0 radical (unpaired) electrons. The molecular formula is C5H6F3O5PS. The van der Waals surface area contributed by atoms with Crippen LogP contribution in [0.25, 0.3) is 0 Å². The largest absolute Gasteiger partial charge is 0.475 e. The third-order valence-electron chi connectivity index (χ3n) is 1.53. The maximum atomic E-state index is 12.2. The van der Waals surface area contributed by atoms with Gasteiger partial charge in [-0.3, -0.25) is 13.6 Å². The smallest absolute Gasteiger partial charge is 0.290 e. The molecular weight excluding hydrogens is 260 g/mol. The van der Waals surface area contributed by atoms with E-state index in [1.807, 2.05) is 0 Å². The molecule has 0 bridgehead atoms. The summed E-state index contributed by atoms with van der Waals surface area (Å²) in [5, 5.41) is 0. The second kappa shape index (κ2) is 4.34. The zero-order valence-electron chi connectivity index (χ0n) is 7.32. The Labute approximate surface area is 86.2 Å². The zero-order chi connectivity index (χ0) is 11.7. The minimum Gasteiger partial charge on any atom is -0.290 e. The van der Waals surface area contributed by atoms with Gasteiger partial charge in [0.15, 0.2) is 4.86 Å². The van der Waals surface area contributed by atoms with E-state index in [9.17, 15) is 21.9 Å². The first kappa shape index (κ1) is 12.9. The van der Waals surface area contributed by atoms with Crippen molar-refractivity contribution in [3.8, 4) is 0 Å². The Morgan fingerprint density at radius 3 is 2.53 bits per heavy atom. The van der Waals surface area contributed by atoms with Crippen LogP contribution in [-0.4, -0.2) is 35.1 Å². The Balaban J connectivity index is 2.85. The highest BCUT2D eigenvalue weighted by atomic mass is 32.1. The quantitative estimate of drug-likeness (QED) is 0.553. The Kier molecular flexibility index (Phi) is 3.72. The van der Waals surface area contributed by atoms with E-state index in [1.165, 1.54) is 0 Å². The van der Waals surface area contributed by atoms with Gasteiger partial charge < -0.3 is 0 Å². The Morgan fingerprint density at radius 2 is 2.20 bits per heavy atom. The maximum Gasteiger partial charge on any atom is 0.475 e. The van der Waals surface area contributed by atoms with E-state index in [1.54, 1.807) is 0 Å². The number of hydrogen-bond donors (Lipinski definition) is 0. The average Bonchev–Trinajstić information content (AvgIpc) is 2.48. The number of halogens is 3. The number of phosphoric acid groups is 1. The van der Waals surface area contributed by atoms with Gasteiger partial charge in [-0.2, -0.15) is 13.2 Å². The molecule has 1 rings (SSSR count). The lowest BCUT2D eigenvalue weighted by atomic mass is 10.2. The third kappa shape index (κ3) is 2.88. The van der Waals surface area contributed by atoms with Crippen molar-refractivity contribution in [1.29, 1.82) is 0 Å². The van der Waals surface area contributed by atoms with Crippen LogP contribution in [0.15, 0.2) is 0 Å². The molecule has 1 fully saturated rings. The van der Waals surface area contributed by atoms with E-state index in [0.717, 1.165) is 7.11 Å². The summed E-state index contributed by atoms with van der Waals surface area (Å²) in [5.41, 5.74) is 0. The average molecular weight is 266 g/mol. The maximum absolute atomic E-state index is 12.2. The van der Waals surface area contributed by atoms with Crippen molar-refractivity contribution in [3.05, 3.63) is 0 Å². The Bertz CT molecular complexity index is 349. The van der Waals surface area contributed by atoms with Crippen molar-refractivity contribution in [1.82, 2.24) is 0 Å². The first-order valence-electron chi connectivity index (χ1n) is 3.55. The van der Waals surface area contributed by atoms with Gasteiger partial charge >= 0.3 is 14.0 Å². The van der Waals surface area contributed by atoms with E-state index in [-0.39, 0.29) is 0 Å². The monoisotopic (exact) mass is 266 g/mol. The molecule has 0 aromatic carbocycles. The van der Waals surface area contributed by atoms with Gasteiger partial charge in [-0.1, -0.05) is 0 Å². The predicted octanol–water partition coefficient (Wildman–Crippen LogP) is 1.10. The van der Waals surface area contributed by atoms with Gasteiger partial charge in [0.1, 0.15) is 17.4 Å². The molecule has 2 unspecified atom stereocenters. The van der Waals surface area contributed by atoms with Crippen LogP contribution in [0, 0.1) is 0 Å². The van der Waals surface area contributed by atoms with Gasteiger partial charge in [0, 0.05) is 7.11 Å². The molecule has 0 spiro atoms. The molecule has 0 aromatic heterocycles. The standard InChI is InChI=1S/C5H6F3O5PS/c1-11-14(9)12-2-3(13-14)4(15-10)5(6,7)8/h3H,2H2,1H3. The fourth-order valence-electron chi connectivity index (χ4n) is 0.878. The fraction of sp³-hybridized carbons (Fsp3) is 0.800. The first-order valence-corrected chi connectivity index (χ1v) is 5.75. The van der Waals surface area contributed by atoms with Crippen LogP contribution in [0.1, 0.15) is 0 Å². The molecule has 0 saturated carbocycles. The van der Waals surface area contributed by atoms with Crippen LogP contribution in [0.4, 0.5) is 13.2 Å². The molecule has 1 saturated heterocycles. The molecule has 0 amide bonds. The van der Waals surface area contributed by atoms with Crippen molar-refractivity contribution in [2.45, 2.75) is 12.3 Å². The van der Waals surface area contributed by atoms with E-state index >= 15 is 0 Å². The molecule has 5 nitrogen and oxygen atoms in total. The highest BCUT2D eigenvalue weighted by molar-refractivity contribution is 7.67. The van der Waals surface area contributed by atoms with Gasteiger partial charge in [-0.05, 0) is 0 Å². The SMILES string of the molecule is COP1(=O)OCC(C(=S=O)C(F)(F)F)O1. The molecule has 1 heterocycles. The van der Waals surface area contributed by atoms with Crippen LogP contribution in [0.2, 0.25) is 0 Å². The van der Waals surface area contributed by atoms with E-state index in [4.69, 9.17) is 0 Å². The molecule has 88 valence electrons. The predicted molar refractivity (Wildman–Crippen MR) is 44.6 cm³/mol. The molecule has 0 aromatic rings. The minimum absolute atomic E-state index is 0.616. The van der Waals surface area contributed by atoms with Crippen molar-refractivity contribution in [2.24, 2.45) is 0 Å². The molecule has 15 heavy (non-hydrogen) atoms. The second-order valence-electron chi connectivity index (χ2n) is 2.46. The summed E-state index contributed by atoms with van der Waals surface area (Å²) in [6, 6.07) is 0. The van der Waals surface area contributed by atoms with Crippen molar-refractivity contribution in [2.75, 3.05) is 13.7 Å². The van der Waals surface area contributed by atoms with Gasteiger partial charge in [0.05, 0.1) is 6.61 Å². The van der Waals surface area contributed by atoms with Crippen LogP contribution < -0.4 is 0 Å². The summed E-state index contributed by atoms with van der Waals surface area (Å²) in [6.45, 7) is -0.616. The van der Waals surface area contributed by atoms with E-state index in [2.05, 4.69) is 13.6 Å². The van der Waals surface area contributed by atoms with Crippen LogP contribution in [0.5, 0.6) is 0 Å². The summed E-state index contributed by atoms with van der Waals surface area (Å²) in [5.74, 6) is 0. The van der Waals surface area contributed by atoms with Gasteiger partial charge in [0.25, 0.3) is 0 Å². The van der Waals surface area contributed by atoms with Crippen molar-refractivity contribution >= 4 is 23.9 Å². The second-order valence-corrected chi connectivity index (χ2v) is 4.80. The fourth-order valence-corrected chi connectivity index (χ4v) is 2.32. The number of alkyl halides is 3. The summed E-state index contributed by atoms with van der Waals surface area (Å²) in [6.07, 6.45) is -6.50. The Hall–Kier alpha value is -0.210. The summed E-state index contributed by atoms with van der Waals surface area (Å²) in [4.78, 5) is -1.43. The number of phosphoric ester groups is 1. The molecule has 0 N–H and O–H groups in total. The molecule has 1 aliphatic heterocycles. The highest BCUT2D eigenvalue weighted by Gasteiger charge is 2.49. The third-order valence-corrected chi connectivity index (χ3v) is 3.62. The summed E-state index contributed by atoms with van der Waals surface area (Å²) in [7, 11) is -2.94. The summed E-state index contributed by atoms with van der Waals surface area (Å²) < 4.78 is 71.1. The van der Waals surface area contributed by atoms with Crippen LogP contribution >= 0.6 is 7.82 Å². The summed E-state index contributed by atoms with van der Waals surface area (Å²) >= 11 is -0.755. The Morgan fingerprint density at radius 1 is 1.60 bits per heavy atom.